The zero-order chi connectivity index (χ0) is 22.5. The molecule has 160 valence electrons. The number of rotatable bonds is 3. The Morgan fingerprint density at radius 3 is 2.41 bits per heavy atom. The Bertz CT molecular complexity index is 1410. The van der Waals surface area contributed by atoms with Gasteiger partial charge in [-0.1, -0.05) is 12.1 Å². The molecule has 0 fully saturated rings. The first-order chi connectivity index (χ1) is 15.3. The Labute approximate surface area is 185 Å². The van der Waals surface area contributed by atoms with Crippen LogP contribution < -0.4 is 5.73 Å². The number of imidazole rings is 1. The van der Waals surface area contributed by atoms with E-state index in [1.165, 1.54) is 0 Å². The largest absolute Gasteiger partial charge is 0.368 e. The minimum Gasteiger partial charge on any atom is -0.368 e. The third-order valence-electron chi connectivity index (χ3n) is 5.39. The highest BCUT2D eigenvalue weighted by Crippen LogP contribution is 2.35. The van der Waals surface area contributed by atoms with Gasteiger partial charge in [0.25, 0.3) is 0 Å². The predicted molar refractivity (Wildman–Crippen MR) is 125 cm³/mol. The van der Waals surface area contributed by atoms with Gasteiger partial charge >= 0.3 is 0 Å². The van der Waals surface area contributed by atoms with Gasteiger partial charge in [0.1, 0.15) is 18.5 Å². The molecule has 0 bridgehead atoms. The Hall–Kier alpha value is -4.07. The first-order valence-electron chi connectivity index (χ1n) is 10.4. The van der Waals surface area contributed by atoms with Crippen LogP contribution >= 0.6 is 0 Å². The summed E-state index contributed by atoms with van der Waals surface area (Å²) in [5.41, 5.74) is 12.4. The summed E-state index contributed by atoms with van der Waals surface area (Å²) in [5.74, 6) is 1.14. The third kappa shape index (κ3) is 3.39. The molecule has 5 aromatic rings. The first kappa shape index (κ1) is 19.9. The van der Waals surface area contributed by atoms with Crippen molar-refractivity contribution in [1.82, 2.24) is 34.3 Å². The molecule has 0 atom stereocenters. The predicted octanol–water partition coefficient (Wildman–Crippen LogP) is 4.39. The summed E-state index contributed by atoms with van der Waals surface area (Å²) in [6.45, 7) is 8.62. The van der Waals surface area contributed by atoms with E-state index in [4.69, 9.17) is 10.7 Å². The van der Waals surface area contributed by atoms with E-state index < -0.39 is 0 Å². The molecule has 8 heteroatoms. The van der Waals surface area contributed by atoms with Crippen LogP contribution in [-0.4, -0.2) is 34.3 Å². The summed E-state index contributed by atoms with van der Waals surface area (Å²) in [6.07, 6.45) is 6.71. The number of anilines is 1. The van der Waals surface area contributed by atoms with Crippen molar-refractivity contribution >= 4 is 17.0 Å². The molecule has 5 rings (SSSR count). The van der Waals surface area contributed by atoms with Crippen molar-refractivity contribution in [3.8, 4) is 28.2 Å². The zero-order valence-corrected chi connectivity index (χ0v) is 18.5. The van der Waals surface area contributed by atoms with Crippen LogP contribution in [0.3, 0.4) is 0 Å². The molecule has 0 unspecified atom stereocenters. The normalized spacial score (nSPS) is 11.9. The molecule has 0 aliphatic carbocycles. The van der Waals surface area contributed by atoms with E-state index in [1.807, 2.05) is 0 Å². The number of benzene rings is 2. The molecule has 3 aromatic heterocycles. The van der Waals surface area contributed by atoms with Gasteiger partial charge in [0.2, 0.25) is 5.95 Å². The first-order valence-corrected chi connectivity index (χ1v) is 10.4. The Balaban J connectivity index is 1.76. The summed E-state index contributed by atoms with van der Waals surface area (Å²) in [4.78, 5) is 17.5. The van der Waals surface area contributed by atoms with Gasteiger partial charge in [-0.15, -0.1) is 0 Å². The molecule has 2 N–H and O–H groups in total. The zero-order valence-electron chi connectivity index (χ0n) is 18.5. The average molecular weight is 425 g/mol. The Morgan fingerprint density at radius 1 is 0.938 bits per heavy atom. The van der Waals surface area contributed by atoms with Gasteiger partial charge in [-0.2, -0.15) is 5.10 Å². The van der Waals surface area contributed by atoms with Crippen LogP contribution in [0.5, 0.6) is 0 Å². The SMILES string of the molecule is Cc1ccc(-c2nc3cc(-c4cnc(N)nc4)ccc3n2C(C)(C)C)c(-n2cncn2)c1. The van der Waals surface area contributed by atoms with Gasteiger partial charge in [-0.25, -0.2) is 24.6 Å². The van der Waals surface area contributed by atoms with E-state index in [2.05, 4.69) is 88.7 Å². The molecule has 2 aromatic carbocycles. The van der Waals surface area contributed by atoms with Crippen LogP contribution in [0.2, 0.25) is 0 Å². The summed E-state index contributed by atoms with van der Waals surface area (Å²) < 4.78 is 4.06. The van der Waals surface area contributed by atoms with Gasteiger partial charge in [0.15, 0.2) is 0 Å². The van der Waals surface area contributed by atoms with Gasteiger partial charge in [-0.3, -0.25) is 0 Å². The number of aryl methyl sites for hydroxylation is 1. The molecule has 0 aliphatic rings. The lowest BCUT2D eigenvalue weighted by Gasteiger charge is -2.25. The monoisotopic (exact) mass is 424 g/mol. The number of fused-ring (bicyclic) bond motifs is 1. The molecule has 0 aliphatic heterocycles. The fourth-order valence-corrected chi connectivity index (χ4v) is 3.96. The number of hydrogen-bond acceptors (Lipinski definition) is 6. The maximum atomic E-state index is 5.65. The highest BCUT2D eigenvalue weighted by molar-refractivity contribution is 5.87. The van der Waals surface area contributed by atoms with E-state index in [9.17, 15) is 0 Å². The summed E-state index contributed by atoms with van der Waals surface area (Å²) in [6, 6.07) is 12.5. The van der Waals surface area contributed by atoms with E-state index in [0.29, 0.717) is 0 Å². The molecular weight excluding hydrogens is 400 g/mol. The summed E-state index contributed by atoms with van der Waals surface area (Å²) >= 11 is 0. The van der Waals surface area contributed by atoms with Crippen molar-refractivity contribution < 1.29 is 0 Å². The van der Waals surface area contributed by atoms with Crippen molar-refractivity contribution in [3.63, 3.8) is 0 Å². The van der Waals surface area contributed by atoms with Crippen LogP contribution in [0.4, 0.5) is 5.95 Å². The number of nitrogen functional groups attached to an aromatic ring is 1. The van der Waals surface area contributed by atoms with Crippen LogP contribution in [0.1, 0.15) is 26.3 Å². The van der Waals surface area contributed by atoms with Crippen LogP contribution in [0, 0.1) is 6.92 Å². The fourth-order valence-electron chi connectivity index (χ4n) is 3.96. The van der Waals surface area contributed by atoms with E-state index in [-0.39, 0.29) is 11.5 Å². The molecule has 0 saturated heterocycles. The van der Waals surface area contributed by atoms with E-state index in [0.717, 1.165) is 44.8 Å². The summed E-state index contributed by atoms with van der Waals surface area (Å²) in [5, 5.41) is 4.36. The van der Waals surface area contributed by atoms with E-state index >= 15 is 0 Å². The average Bonchev–Trinajstić information content (AvgIpc) is 3.41. The lowest BCUT2D eigenvalue weighted by Crippen LogP contribution is -2.23. The second kappa shape index (κ2) is 7.26. The van der Waals surface area contributed by atoms with Gasteiger partial charge in [0.05, 0.1) is 16.7 Å². The van der Waals surface area contributed by atoms with Crippen molar-refractivity contribution in [2.75, 3.05) is 5.73 Å². The van der Waals surface area contributed by atoms with Crippen molar-refractivity contribution in [3.05, 3.63) is 67.0 Å². The van der Waals surface area contributed by atoms with Gasteiger partial charge in [0, 0.05) is 29.1 Å². The standard InChI is InChI=1S/C24H24N8/c1-15-5-7-18(21(9-15)31-14-26-13-29-31)22-30-19-10-16(17-11-27-23(25)28-12-17)6-8-20(19)32(22)24(2,3)4/h5-14H,1-4H3,(H2,25,27,28). The minimum atomic E-state index is -0.194. The molecule has 32 heavy (non-hydrogen) atoms. The maximum absolute atomic E-state index is 5.65. The molecular formula is C24H24N8. The molecule has 0 amide bonds. The van der Waals surface area contributed by atoms with Crippen LogP contribution in [0.15, 0.2) is 61.4 Å². The third-order valence-corrected chi connectivity index (χ3v) is 5.39. The number of hydrogen-bond donors (Lipinski definition) is 1. The second-order valence-electron chi connectivity index (χ2n) is 8.84. The molecule has 0 saturated carbocycles. The fraction of sp³-hybridized carbons (Fsp3) is 0.208. The van der Waals surface area contributed by atoms with Crippen LogP contribution in [-0.2, 0) is 5.54 Å². The molecule has 0 radical (unpaired) electrons. The number of nitrogens with zero attached hydrogens (tertiary/aromatic N) is 7. The lowest BCUT2D eigenvalue weighted by atomic mass is 10.0. The topological polar surface area (TPSA) is 100 Å². The van der Waals surface area contributed by atoms with Crippen molar-refractivity contribution in [2.24, 2.45) is 0 Å². The van der Waals surface area contributed by atoms with Crippen molar-refractivity contribution in [2.45, 2.75) is 33.2 Å². The maximum Gasteiger partial charge on any atom is 0.219 e. The van der Waals surface area contributed by atoms with Crippen molar-refractivity contribution in [1.29, 1.82) is 0 Å². The number of aromatic nitrogens is 7. The van der Waals surface area contributed by atoms with Crippen LogP contribution in [0.25, 0.3) is 39.2 Å². The smallest absolute Gasteiger partial charge is 0.219 e. The molecule has 0 spiro atoms. The quantitative estimate of drug-likeness (QED) is 0.461. The summed E-state index contributed by atoms with van der Waals surface area (Å²) in [7, 11) is 0. The van der Waals surface area contributed by atoms with Gasteiger partial charge < -0.3 is 10.3 Å². The highest BCUT2D eigenvalue weighted by Gasteiger charge is 2.24. The van der Waals surface area contributed by atoms with Gasteiger partial charge in [-0.05, 0) is 63.1 Å². The van der Waals surface area contributed by atoms with E-state index in [1.54, 1.807) is 29.7 Å². The lowest BCUT2D eigenvalue weighted by molar-refractivity contribution is 0.413. The molecule has 8 nitrogen and oxygen atoms in total. The minimum absolute atomic E-state index is 0.194. The number of nitrogens with two attached hydrogens (primary N) is 1. The second-order valence-corrected chi connectivity index (χ2v) is 8.84. The Morgan fingerprint density at radius 2 is 1.72 bits per heavy atom. The Kier molecular flexibility index (Phi) is 4.51. The highest BCUT2D eigenvalue weighted by atomic mass is 15.3. The molecule has 3 heterocycles.